The van der Waals surface area contributed by atoms with E-state index in [-0.39, 0.29) is 5.95 Å². The average Bonchev–Trinajstić information content (AvgIpc) is 3.44. The van der Waals surface area contributed by atoms with Gasteiger partial charge < -0.3 is 25.6 Å². The molecule has 1 aliphatic heterocycles. The second-order valence-corrected chi connectivity index (χ2v) is 8.79. The Hall–Kier alpha value is -3.77. The third kappa shape index (κ3) is 5.17. The number of nitrogen functional groups attached to an aromatic ring is 1. The van der Waals surface area contributed by atoms with Crippen LogP contribution in [0.2, 0.25) is 0 Å². The van der Waals surface area contributed by atoms with E-state index in [0.29, 0.717) is 42.2 Å². The number of piperazine rings is 1. The van der Waals surface area contributed by atoms with Crippen LogP contribution in [0.5, 0.6) is 5.75 Å². The lowest BCUT2D eigenvalue weighted by molar-refractivity contribution is 0.199. The summed E-state index contributed by atoms with van der Waals surface area (Å²) in [6, 6.07) is 6.87. The molecule has 0 bridgehead atoms. The van der Waals surface area contributed by atoms with Gasteiger partial charge in [0.1, 0.15) is 16.8 Å². The number of ether oxygens (including phenoxy) is 1. The largest absolute Gasteiger partial charge is 0.496 e. The quantitative estimate of drug-likeness (QED) is 0.339. The first-order chi connectivity index (χ1) is 17.0. The van der Waals surface area contributed by atoms with Crippen molar-refractivity contribution in [2.45, 2.75) is 39.5 Å². The highest BCUT2D eigenvalue weighted by Crippen LogP contribution is 2.26. The number of anilines is 2. The Morgan fingerprint density at radius 1 is 1.26 bits per heavy atom. The summed E-state index contributed by atoms with van der Waals surface area (Å²) in [7, 11) is 1.69. The molecule has 35 heavy (non-hydrogen) atoms. The number of nitrogens with zero attached hydrogens (tertiary/aromatic N) is 7. The van der Waals surface area contributed by atoms with E-state index in [0.717, 1.165) is 43.0 Å². The molecule has 0 unspecified atom stereocenters. The molecule has 3 aromatic heterocycles. The van der Waals surface area contributed by atoms with Gasteiger partial charge >= 0.3 is 0 Å². The minimum atomic E-state index is 0.160. The van der Waals surface area contributed by atoms with Gasteiger partial charge in [-0.3, -0.25) is 9.58 Å². The number of hydrogen-bond donors (Lipinski definition) is 3. The zero-order valence-corrected chi connectivity index (χ0v) is 20.2. The van der Waals surface area contributed by atoms with Crippen LogP contribution in [0.4, 0.5) is 11.8 Å². The molecule has 1 saturated heterocycles. The fourth-order valence-electron chi connectivity index (χ4n) is 4.43. The molecule has 1 fully saturated rings. The summed E-state index contributed by atoms with van der Waals surface area (Å²) in [5, 5.41) is 15.2. The minimum Gasteiger partial charge on any atom is -0.496 e. The van der Waals surface area contributed by atoms with Crippen LogP contribution in [-0.4, -0.2) is 67.6 Å². The summed E-state index contributed by atoms with van der Waals surface area (Å²) >= 11 is 0. The lowest BCUT2D eigenvalue weighted by atomic mass is 10.1. The van der Waals surface area contributed by atoms with Crippen LogP contribution in [0.15, 0.2) is 28.9 Å². The van der Waals surface area contributed by atoms with Gasteiger partial charge in [-0.05, 0) is 18.6 Å². The lowest BCUT2D eigenvalue weighted by Crippen LogP contribution is -2.48. The van der Waals surface area contributed by atoms with E-state index in [4.69, 9.17) is 15.0 Å². The normalized spacial score (nSPS) is 16.6. The van der Waals surface area contributed by atoms with Crippen LogP contribution in [0.25, 0.3) is 11.0 Å². The first-order valence-corrected chi connectivity index (χ1v) is 11.6. The summed E-state index contributed by atoms with van der Waals surface area (Å²) in [5.41, 5.74) is 9.54. The maximum atomic E-state index is 5.93. The maximum absolute atomic E-state index is 5.93. The standard InChI is InChI=1S/C23H30N10O2/c1-14-11-32(7-6-25-14)12-16-4-5-17(19(8-16)34-3)13-33-21-18(9-27-33)29-23(24)30-22(21)26-10-20-28-15(2)35-31-20/h4-5,8-9,14,25H,6-7,10-13H2,1-3H3,(H3,24,26,29,30)/t14-/m0/s1. The number of aromatic nitrogens is 6. The molecule has 1 atom stereocenters. The lowest BCUT2D eigenvalue weighted by Gasteiger charge is -2.31. The molecule has 0 radical (unpaired) electrons. The SMILES string of the molecule is COc1cc(CN2CCN[C@@H](C)C2)ccc1Cn1ncc2nc(N)nc(NCc3noc(C)n3)c21. The molecule has 0 spiro atoms. The number of hydrogen-bond acceptors (Lipinski definition) is 11. The third-order valence-corrected chi connectivity index (χ3v) is 6.02. The van der Waals surface area contributed by atoms with Crippen molar-refractivity contribution in [3.63, 3.8) is 0 Å². The molecule has 1 aromatic carbocycles. The zero-order chi connectivity index (χ0) is 24.4. The van der Waals surface area contributed by atoms with Crippen molar-refractivity contribution >= 4 is 22.8 Å². The molecule has 4 aromatic rings. The third-order valence-electron chi connectivity index (χ3n) is 6.02. The molecule has 1 aliphatic rings. The Labute approximate surface area is 202 Å². The van der Waals surface area contributed by atoms with E-state index in [1.807, 2.05) is 4.68 Å². The van der Waals surface area contributed by atoms with Gasteiger partial charge in [0, 0.05) is 44.7 Å². The highest BCUT2D eigenvalue weighted by atomic mass is 16.5. The fraction of sp³-hybridized carbons (Fsp3) is 0.435. The first-order valence-electron chi connectivity index (χ1n) is 11.6. The molecule has 0 amide bonds. The summed E-state index contributed by atoms with van der Waals surface area (Å²) < 4.78 is 12.6. The molecule has 12 heteroatoms. The van der Waals surface area contributed by atoms with Crippen LogP contribution in [0, 0.1) is 6.92 Å². The number of methoxy groups -OCH3 is 1. The van der Waals surface area contributed by atoms with E-state index in [1.54, 1.807) is 20.2 Å². The van der Waals surface area contributed by atoms with Gasteiger partial charge in [-0.1, -0.05) is 17.3 Å². The number of nitrogens with two attached hydrogens (primary N) is 1. The van der Waals surface area contributed by atoms with E-state index in [9.17, 15) is 0 Å². The van der Waals surface area contributed by atoms with Gasteiger partial charge in [-0.25, -0.2) is 4.98 Å². The number of nitrogens with one attached hydrogen (secondary N) is 2. The molecular formula is C23H30N10O2. The summed E-state index contributed by atoms with van der Waals surface area (Å²) in [5.74, 6) is 2.56. The highest BCUT2D eigenvalue weighted by Gasteiger charge is 2.18. The minimum absolute atomic E-state index is 0.160. The smallest absolute Gasteiger partial charge is 0.223 e. The maximum Gasteiger partial charge on any atom is 0.223 e. The van der Waals surface area contributed by atoms with Crippen molar-refractivity contribution in [2.24, 2.45) is 0 Å². The Morgan fingerprint density at radius 3 is 2.91 bits per heavy atom. The summed E-state index contributed by atoms with van der Waals surface area (Å²) in [4.78, 5) is 15.4. The van der Waals surface area contributed by atoms with Crippen LogP contribution in [0.3, 0.4) is 0 Å². The summed E-state index contributed by atoms with van der Waals surface area (Å²) in [6.07, 6.45) is 1.68. The van der Waals surface area contributed by atoms with E-state index in [1.165, 1.54) is 5.56 Å². The van der Waals surface area contributed by atoms with E-state index < -0.39 is 0 Å². The van der Waals surface area contributed by atoms with E-state index >= 15 is 0 Å². The predicted octanol–water partition coefficient (Wildman–Crippen LogP) is 1.56. The highest BCUT2D eigenvalue weighted by molar-refractivity contribution is 5.86. The zero-order valence-electron chi connectivity index (χ0n) is 20.2. The van der Waals surface area contributed by atoms with Crippen molar-refractivity contribution < 1.29 is 9.26 Å². The molecule has 12 nitrogen and oxygen atoms in total. The molecule has 4 N–H and O–H groups in total. The van der Waals surface area contributed by atoms with Gasteiger partial charge in [0.25, 0.3) is 0 Å². The first kappa shape index (κ1) is 23.0. The fourth-order valence-corrected chi connectivity index (χ4v) is 4.43. The molecule has 0 aliphatic carbocycles. The summed E-state index contributed by atoms with van der Waals surface area (Å²) in [6.45, 7) is 8.75. The molecule has 0 saturated carbocycles. The van der Waals surface area contributed by atoms with Gasteiger partial charge in [0.2, 0.25) is 11.8 Å². The van der Waals surface area contributed by atoms with Gasteiger partial charge in [-0.2, -0.15) is 15.1 Å². The van der Waals surface area contributed by atoms with E-state index in [2.05, 4.69) is 65.9 Å². The topological polar surface area (TPSA) is 145 Å². The Kier molecular flexibility index (Phi) is 6.47. The van der Waals surface area contributed by atoms with Gasteiger partial charge in [-0.15, -0.1) is 0 Å². The van der Waals surface area contributed by atoms with Crippen LogP contribution >= 0.6 is 0 Å². The van der Waals surface area contributed by atoms with Crippen LogP contribution in [-0.2, 0) is 19.6 Å². The van der Waals surface area contributed by atoms with Gasteiger partial charge in [0.15, 0.2) is 11.6 Å². The van der Waals surface area contributed by atoms with Crippen molar-refractivity contribution in [1.82, 2.24) is 40.1 Å². The molecule has 184 valence electrons. The second kappa shape index (κ2) is 9.84. The Bertz CT molecular complexity index is 1320. The van der Waals surface area contributed by atoms with Crippen molar-refractivity contribution in [3.05, 3.63) is 47.2 Å². The number of aryl methyl sites for hydroxylation is 1. The molecule has 4 heterocycles. The van der Waals surface area contributed by atoms with Crippen LogP contribution in [0.1, 0.15) is 29.8 Å². The monoisotopic (exact) mass is 478 g/mol. The Balaban J connectivity index is 1.38. The van der Waals surface area contributed by atoms with Crippen molar-refractivity contribution in [3.8, 4) is 5.75 Å². The average molecular weight is 479 g/mol. The van der Waals surface area contributed by atoms with Gasteiger partial charge in [0.05, 0.1) is 26.4 Å². The second-order valence-electron chi connectivity index (χ2n) is 8.79. The molecular weight excluding hydrogens is 448 g/mol. The molecule has 5 rings (SSSR count). The Morgan fingerprint density at radius 2 is 2.14 bits per heavy atom. The number of fused-ring (bicyclic) bond motifs is 1. The van der Waals surface area contributed by atoms with Crippen molar-refractivity contribution in [2.75, 3.05) is 37.8 Å². The number of rotatable bonds is 8. The number of benzene rings is 1. The van der Waals surface area contributed by atoms with Crippen LogP contribution < -0.4 is 21.1 Å². The van der Waals surface area contributed by atoms with Crippen molar-refractivity contribution in [1.29, 1.82) is 0 Å². The predicted molar refractivity (Wildman–Crippen MR) is 131 cm³/mol.